The SMILES string of the molecule is CC[C@@H](Oc1cc(C)ccc1C)C(=O)NCCCOC(C)C. The van der Waals surface area contributed by atoms with Crippen molar-refractivity contribution >= 4 is 5.91 Å². The smallest absolute Gasteiger partial charge is 0.261 e. The molecule has 1 rings (SSSR count). The fourth-order valence-corrected chi connectivity index (χ4v) is 2.03. The van der Waals surface area contributed by atoms with E-state index in [2.05, 4.69) is 5.32 Å². The summed E-state index contributed by atoms with van der Waals surface area (Å²) in [6, 6.07) is 6.03. The molecule has 22 heavy (non-hydrogen) atoms. The van der Waals surface area contributed by atoms with Crippen molar-refractivity contribution in [3.05, 3.63) is 29.3 Å². The van der Waals surface area contributed by atoms with E-state index >= 15 is 0 Å². The summed E-state index contributed by atoms with van der Waals surface area (Å²) in [6.45, 7) is 11.2. The van der Waals surface area contributed by atoms with Crippen LogP contribution in [0.3, 0.4) is 0 Å². The predicted octanol–water partition coefficient (Wildman–Crippen LogP) is 3.39. The molecule has 0 heterocycles. The van der Waals surface area contributed by atoms with Crippen LogP contribution in [0.1, 0.15) is 44.7 Å². The van der Waals surface area contributed by atoms with Crippen molar-refractivity contribution in [1.29, 1.82) is 0 Å². The number of aryl methyl sites for hydroxylation is 2. The maximum Gasteiger partial charge on any atom is 0.261 e. The average Bonchev–Trinajstić information content (AvgIpc) is 2.47. The molecule has 0 saturated carbocycles. The van der Waals surface area contributed by atoms with Gasteiger partial charge in [0, 0.05) is 13.2 Å². The van der Waals surface area contributed by atoms with E-state index in [4.69, 9.17) is 9.47 Å². The summed E-state index contributed by atoms with van der Waals surface area (Å²) in [6.07, 6.45) is 1.23. The monoisotopic (exact) mass is 307 g/mol. The minimum Gasteiger partial charge on any atom is -0.480 e. The van der Waals surface area contributed by atoms with Gasteiger partial charge in [-0.1, -0.05) is 19.1 Å². The Morgan fingerprint density at radius 2 is 2.00 bits per heavy atom. The molecule has 0 aliphatic rings. The minimum absolute atomic E-state index is 0.0621. The van der Waals surface area contributed by atoms with Gasteiger partial charge in [-0.15, -0.1) is 0 Å². The molecule has 1 aromatic carbocycles. The van der Waals surface area contributed by atoms with Crippen molar-refractivity contribution in [1.82, 2.24) is 5.32 Å². The molecule has 0 unspecified atom stereocenters. The lowest BCUT2D eigenvalue weighted by Gasteiger charge is -2.19. The van der Waals surface area contributed by atoms with Crippen LogP contribution in [0.2, 0.25) is 0 Å². The zero-order valence-electron chi connectivity index (χ0n) is 14.4. The van der Waals surface area contributed by atoms with Crippen LogP contribution in [-0.4, -0.2) is 31.3 Å². The lowest BCUT2D eigenvalue weighted by atomic mass is 10.1. The number of carbonyl (C=O) groups excluding carboxylic acids is 1. The molecule has 4 heteroatoms. The molecule has 0 aliphatic heterocycles. The van der Waals surface area contributed by atoms with Crippen LogP contribution in [0.25, 0.3) is 0 Å². The molecule has 1 N–H and O–H groups in total. The van der Waals surface area contributed by atoms with Crippen molar-refractivity contribution in [2.75, 3.05) is 13.2 Å². The van der Waals surface area contributed by atoms with Crippen LogP contribution in [0.4, 0.5) is 0 Å². The second-order valence-corrected chi connectivity index (χ2v) is 5.85. The fourth-order valence-electron chi connectivity index (χ4n) is 2.03. The number of benzene rings is 1. The summed E-state index contributed by atoms with van der Waals surface area (Å²) in [5, 5.41) is 2.92. The summed E-state index contributed by atoms with van der Waals surface area (Å²) >= 11 is 0. The van der Waals surface area contributed by atoms with E-state index in [1.807, 2.05) is 52.8 Å². The van der Waals surface area contributed by atoms with Crippen LogP contribution in [0.5, 0.6) is 5.75 Å². The molecule has 1 amide bonds. The highest BCUT2D eigenvalue weighted by atomic mass is 16.5. The second-order valence-electron chi connectivity index (χ2n) is 5.85. The van der Waals surface area contributed by atoms with Gasteiger partial charge in [-0.05, 0) is 57.7 Å². The Bertz CT molecular complexity index is 471. The Kier molecular flexibility index (Phi) is 7.96. The first-order valence-electron chi connectivity index (χ1n) is 8.07. The van der Waals surface area contributed by atoms with Crippen molar-refractivity contribution in [3.63, 3.8) is 0 Å². The number of hydrogen-bond donors (Lipinski definition) is 1. The second kappa shape index (κ2) is 9.46. The Balaban J connectivity index is 2.46. The third kappa shape index (κ3) is 6.48. The van der Waals surface area contributed by atoms with Crippen molar-refractivity contribution in [2.24, 2.45) is 0 Å². The quantitative estimate of drug-likeness (QED) is 0.711. The predicted molar refractivity (Wildman–Crippen MR) is 89.3 cm³/mol. The molecule has 0 spiro atoms. The molecular weight excluding hydrogens is 278 g/mol. The maximum atomic E-state index is 12.2. The van der Waals surface area contributed by atoms with E-state index in [1.54, 1.807) is 0 Å². The summed E-state index contributed by atoms with van der Waals surface area (Å²) in [5.74, 6) is 0.720. The van der Waals surface area contributed by atoms with Gasteiger partial charge in [-0.25, -0.2) is 0 Å². The van der Waals surface area contributed by atoms with E-state index in [0.29, 0.717) is 19.6 Å². The average molecular weight is 307 g/mol. The highest BCUT2D eigenvalue weighted by molar-refractivity contribution is 5.81. The van der Waals surface area contributed by atoms with E-state index in [0.717, 1.165) is 23.3 Å². The van der Waals surface area contributed by atoms with E-state index in [1.165, 1.54) is 0 Å². The highest BCUT2D eigenvalue weighted by Crippen LogP contribution is 2.21. The number of nitrogens with one attached hydrogen (secondary N) is 1. The van der Waals surface area contributed by atoms with Crippen LogP contribution < -0.4 is 10.1 Å². The number of carbonyl (C=O) groups is 1. The lowest BCUT2D eigenvalue weighted by Crippen LogP contribution is -2.38. The largest absolute Gasteiger partial charge is 0.480 e. The van der Waals surface area contributed by atoms with Crippen LogP contribution in [0.15, 0.2) is 18.2 Å². The summed E-state index contributed by atoms with van der Waals surface area (Å²) in [7, 11) is 0. The van der Waals surface area contributed by atoms with Gasteiger partial charge in [0.1, 0.15) is 5.75 Å². The molecular formula is C18H29NO3. The van der Waals surface area contributed by atoms with E-state index < -0.39 is 6.10 Å². The Morgan fingerprint density at radius 3 is 2.64 bits per heavy atom. The molecule has 0 radical (unpaired) electrons. The first-order valence-corrected chi connectivity index (χ1v) is 8.07. The summed E-state index contributed by atoms with van der Waals surface area (Å²) < 4.78 is 11.3. The molecule has 0 fully saturated rings. The molecule has 0 aromatic heterocycles. The van der Waals surface area contributed by atoms with E-state index in [9.17, 15) is 4.79 Å². The maximum absolute atomic E-state index is 12.2. The lowest BCUT2D eigenvalue weighted by molar-refractivity contribution is -0.128. The fraction of sp³-hybridized carbons (Fsp3) is 0.611. The molecule has 0 saturated heterocycles. The van der Waals surface area contributed by atoms with Crippen LogP contribution in [-0.2, 0) is 9.53 Å². The molecule has 0 bridgehead atoms. The first-order chi connectivity index (χ1) is 10.4. The van der Waals surface area contributed by atoms with Gasteiger partial charge in [0.15, 0.2) is 6.10 Å². The Morgan fingerprint density at radius 1 is 1.27 bits per heavy atom. The van der Waals surface area contributed by atoms with Gasteiger partial charge in [0.25, 0.3) is 5.91 Å². The zero-order chi connectivity index (χ0) is 16.5. The topological polar surface area (TPSA) is 47.6 Å². The van der Waals surface area contributed by atoms with Gasteiger partial charge < -0.3 is 14.8 Å². The van der Waals surface area contributed by atoms with Gasteiger partial charge >= 0.3 is 0 Å². The number of ether oxygens (including phenoxy) is 2. The van der Waals surface area contributed by atoms with Crippen molar-refractivity contribution in [2.45, 2.75) is 59.7 Å². The molecule has 0 aliphatic carbocycles. The normalized spacial score (nSPS) is 12.3. The van der Waals surface area contributed by atoms with Crippen LogP contribution >= 0.6 is 0 Å². The first kappa shape index (κ1) is 18.5. The minimum atomic E-state index is -0.452. The van der Waals surface area contributed by atoms with Gasteiger partial charge in [0.05, 0.1) is 6.10 Å². The number of hydrogen-bond acceptors (Lipinski definition) is 3. The summed E-state index contributed by atoms with van der Waals surface area (Å²) in [4.78, 5) is 12.2. The van der Waals surface area contributed by atoms with Gasteiger partial charge in [-0.2, -0.15) is 0 Å². The molecule has 4 nitrogen and oxygen atoms in total. The number of rotatable bonds is 9. The molecule has 1 aromatic rings. The van der Waals surface area contributed by atoms with Gasteiger partial charge in [0.2, 0.25) is 0 Å². The van der Waals surface area contributed by atoms with Crippen LogP contribution in [0, 0.1) is 13.8 Å². The van der Waals surface area contributed by atoms with Crippen molar-refractivity contribution < 1.29 is 14.3 Å². The third-order valence-electron chi connectivity index (χ3n) is 3.35. The molecule has 124 valence electrons. The Labute approximate surface area is 134 Å². The highest BCUT2D eigenvalue weighted by Gasteiger charge is 2.18. The summed E-state index contributed by atoms with van der Waals surface area (Å²) in [5.41, 5.74) is 2.17. The van der Waals surface area contributed by atoms with Crippen molar-refractivity contribution in [3.8, 4) is 5.75 Å². The van der Waals surface area contributed by atoms with Gasteiger partial charge in [-0.3, -0.25) is 4.79 Å². The van der Waals surface area contributed by atoms with E-state index in [-0.39, 0.29) is 12.0 Å². The zero-order valence-corrected chi connectivity index (χ0v) is 14.4. The Hall–Kier alpha value is -1.55. The standard InChI is InChI=1S/C18H29NO3/c1-6-16(18(20)19-10-7-11-21-13(2)3)22-17-12-14(4)8-9-15(17)5/h8-9,12-13,16H,6-7,10-11H2,1-5H3,(H,19,20)/t16-/m1/s1. The molecule has 1 atom stereocenters. The third-order valence-corrected chi connectivity index (χ3v) is 3.35. The number of amides is 1.